The van der Waals surface area contributed by atoms with E-state index in [1.807, 2.05) is 13.8 Å². The maximum atomic E-state index is 11.6. The molecule has 0 atom stereocenters. The highest BCUT2D eigenvalue weighted by Crippen LogP contribution is 2.38. The van der Waals surface area contributed by atoms with Crippen LogP contribution in [0.5, 0.6) is 5.75 Å². The average molecular weight is 562 g/mol. The van der Waals surface area contributed by atoms with E-state index < -0.39 is 30.9 Å². The summed E-state index contributed by atoms with van der Waals surface area (Å²) in [4.78, 5) is -0.400. The molecule has 3 aromatic carbocycles. The molecule has 3 rings (SSSR count). The van der Waals surface area contributed by atoms with E-state index in [4.69, 9.17) is 15.0 Å². The summed E-state index contributed by atoms with van der Waals surface area (Å²) in [5, 5.41) is 16.7. The van der Waals surface area contributed by atoms with E-state index >= 15 is 0 Å². The number of anilines is 1. The Morgan fingerprint density at radius 1 is 0.763 bits per heavy atom. The first kappa shape index (κ1) is 28.8. The summed E-state index contributed by atoms with van der Waals surface area (Å²) in [6, 6.07) is 12.3. The van der Waals surface area contributed by atoms with Gasteiger partial charge < -0.3 is 10.5 Å². The van der Waals surface area contributed by atoms with E-state index in [1.54, 1.807) is 31.2 Å². The lowest BCUT2D eigenvalue weighted by molar-refractivity contribution is 0.317. The molecule has 0 saturated heterocycles. The van der Waals surface area contributed by atoms with Crippen molar-refractivity contribution in [1.29, 1.82) is 0 Å². The molecule has 4 N–H and O–H groups in total. The Kier molecular flexibility index (Phi) is 8.93. The number of aryl methyl sites for hydroxylation is 3. The van der Waals surface area contributed by atoms with E-state index in [-0.39, 0.29) is 24.5 Å². The van der Waals surface area contributed by atoms with Gasteiger partial charge in [0.25, 0.3) is 20.2 Å². The number of hydrogen-bond acceptors (Lipinski definition) is 10. The molecular weight excluding hydrogens is 534 g/mol. The van der Waals surface area contributed by atoms with Gasteiger partial charge in [0.15, 0.2) is 0 Å². The van der Waals surface area contributed by atoms with Crippen molar-refractivity contribution in [1.82, 2.24) is 0 Å². The van der Waals surface area contributed by atoms with Gasteiger partial charge in [0.1, 0.15) is 22.0 Å². The van der Waals surface area contributed by atoms with Gasteiger partial charge in [-0.15, -0.1) is 10.2 Å². The van der Waals surface area contributed by atoms with E-state index in [9.17, 15) is 21.4 Å². The summed E-state index contributed by atoms with van der Waals surface area (Å²) in [7, 11) is -8.67. The number of hydrogen-bond donors (Lipinski definition) is 3. The molecule has 0 amide bonds. The van der Waals surface area contributed by atoms with Crippen molar-refractivity contribution in [3.8, 4) is 5.75 Å². The fourth-order valence-electron chi connectivity index (χ4n) is 3.29. The Hall–Kier alpha value is -3.72. The van der Waals surface area contributed by atoms with Gasteiger partial charge in [-0.3, -0.25) is 9.11 Å². The Balaban J connectivity index is 1.99. The standard InChI is InChI=1S/C24H27N5O7S2/c1-15-12-20(16(2)11-18(15)25)27-29-22-13-17(3)21(14-23(22)36-9-6-10-37(30,31)32)28-26-19-7-4-5-8-24(19)38(33,34)35/h4-5,7-8,11-14H,6,9-10,25H2,1-3H3,(H,30,31,32)(H,33,34,35). The van der Waals surface area contributed by atoms with E-state index in [0.29, 0.717) is 28.3 Å². The van der Waals surface area contributed by atoms with Crippen LogP contribution in [0.1, 0.15) is 23.1 Å². The van der Waals surface area contributed by atoms with E-state index in [1.165, 1.54) is 24.3 Å². The summed E-state index contributed by atoms with van der Waals surface area (Å²) in [5.41, 5.74) is 9.97. The van der Waals surface area contributed by atoms with Crippen LogP contribution in [0.15, 0.2) is 73.9 Å². The highest BCUT2D eigenvalue weighted by atomic mass is 32.2. The molecule has 0 spiro atoms. The molecular formula is C24H27N5O7S2. The Morgan fingerprint density at radius 3 is 1.97 bits per heavy atom. The monoisotopic (exact) mass is 561 g/mol. The first-order valence-electron chi connectivity index (χ1n) is 11.2. The Morgan fingerprint density at radius 2 is 1.32 bits per heavy atom. The normalized spacial score (nSPS) is 12.4. The van der Waals surface area contributed by atoms with Gasteiger partial charge in [0.2, 0.25) is 0 Å². The smallest absolute Gasteiger partial charge is 0.296 e. The number of nitrogen functional groups attached to an aromatic ring is 1. The van der Waals surface area contributed by atoms with Gasteiger partial charge in [0, 0.05) is 11.8 Å². The van der Waals surface area contributed by atoms with Crippen LogP contribution < -0.4 is 10.5 Å². The molecule has 0 saturated carbocycles. The first-order valence-corrected chi connectivity index (χ1v) is 14.3. The van der Waals surface area contributed by atoms with Crippen molar-refractivity contribution in [2.75, 3.05) is 18.1 Å². The fourth-order valence-corrected chi connectivity index (χ4v) is 4.40. The van der Waals surface area contributed by atoms with Crippen LogP contribution in [-0.2, 0) is 20.2 Å². The van der Waals surface area contributed by atoms with Crippen molar-refractivity contribution in [3.05, 3.63) is 65.2 Å². The van der Waals surface area contributed by atoms with Gasteiger partial charge in [-0.2, -0.15) is 27.1 Å². The maximum Gasteiger partial charge on any atom is 0.296 e. The van der Waals surface area contributed by atoms with Gasteiger partial charge >= 0.3 is 0 Å². The lowest BCUT2D eigenvalue weighted by atomic mass is 10.1. The number of rotatable bonds is 10. The molecule has 0 aromatic heterocycles. The van der Waals surface area contributed by atoms with Crippen LogP contribution in [-0.4, -0.2) is 38.3 Å². The molecule has 3 aromatic rings. The Labute approximate surface area is 220 Å². The second-order valence-electron chi connectivity index (χ2n) is 8.43. The summed E-state index contributed by atoms with van der Waals surface area (Å²) in [6.07, 6.45) is 0.0120. The maximum absolute atomic E-state index is 11.6. The minimum atomic E-state index is -4.52. The largest absolute Gasteiger partial charge is 0.491 e. The van der Waals surface area contributed by atoms with Crippen LogP contribution in [0.25, 0.3) is 0 Å². The quantitative estimate of drug-likeness (QED) is 0.117. The summed E-state index contributed by atoms with van der Waals surface area (Å²) < 4.78 is 69.5. The SMILES string of the molecule is Cc1cc(N=Nc2cc(C)c(N=Nc3ccccc3S(=O)(=O)O)cc2OCCCS(=O)(=O)O)c(C)cc1N. The number of benzene rings is 3. The third-order valence-electron chi connectivity index (χ3n) is 5.34. The third-order valence-corrected chi connectivity index (χ3v) is 7.05. The van der Waals surface area contributed by atoms with E-state index in [2.05, 4.69) is 20.5 Å². The molecule has 14 heteroatoms. The fraction of sp³-hybridized carbons (Fsp3) is 0.250. The molecule has 0 heterocycles. The molecule has 0 radical (unpaired) electrons. The molecule has 0 aliphatic heterocycles. The van der Waals surface area contributed by atoms with Crippen molar-refractivity contribution in [3.63, 3.8) is 0 Å². The minimum Gasteiger partial charge on any atom is -0.491 e. The van der Waals surface area contributed by atoms with Crippen LogP contribution in [0, 0.1) is 20.8 Å². The molecule has 0 aliphatic rings. The highest BCUT2D eigenvalue weighted by molar-refractivity contribution is 7.86. The van der Waals surface area contributed by atoms with Crippen LogP contribution in [0.3, 0.4) is 0 Å². The van der Waals surface area contributed by atoms with Crippen molar-refractivity contribution in [2.45, 2.75) is 32.1 Å². The molecule has 0 bridgehead atoms. The molecule has 38 heavy (non-hydrogen) atoms. The van der Waals surface area contributed by atoms with Crippen LogP contribution in [0.4, 0.5) is 28.4 Å². The molecule has 0 aliphatic carbocycles. The zero-order valence-corrected chi connectivity index (χ0v) is 22.5. The molecule has 0 unspecified atom stereocenters. The number of nitrogens with two attached hydrogens (primary N) is 1. The van der Waals surface area contributed by atoms with Gasteiger partial charge in [-0.25, -0.2) is 0 Å². The number of azo groups is 2. The summed E-state index contributed by atoms with van der Waals surface area (Å²) in [5.74, 6) is -0.282. The van der Waals surface area contributed by atoms with E-state index in [0.717, 1.165) is 11.1 Å². The van der Waals surface area contributed by atoms with Crippen LogP contribution in [0.2, 0.25) is 0 Å². The lowest BCUT2D eigenvalue weighted by Crippen LogP contribution is -2.08. The first-order chi connectivity index (χ1) is 17.7. The average Bonchev–Trinajstić information content (AvgIpc) is 2.82. The summed E-state index contributed by atoms with van der Waals surface area (Å²) >= 11 is 0. The van der Waals surface area contributed by atoms with Crippen LogP contribution >= 0.6 is 0 Å². The van der Waals surface area contributed by atoms with Gasteiger partial charge in [-0.05, 0) is 74.2 Å². The summed E-state index contributed by atoms with van der Waals surface area (Å²) in [6.45, 7) is 5.36. The zero-order chi connectivity index (χ0) is 28.1. The van der Waals surface area contributed by atoms with Gasteiger partial charge in [-0.1, -0.05) is 12.1 Å². The Bertz CT molecular complexity index is 1620. The number of ether oxygens (including phenoxy) is 1. The highest BCUT2D eigenvalue weighted by Gasteiger charge is 2.15. The predicted molar refractivity (Wildman–Crippen MR) is 143 cm³/mol. The topological polar surface area (TPSA) is 193 Å². The molecule has 12 nitrogen and oxygen atoms in total. The van der Waals surface area contributed by atoms with Gasteiger partial charge in [0.05, 0.1) is 23.7 Å². The second kappa shape index (κ2) is 11.8. The molecule has 202 valence electrons. The minimum absolute atomic E-state index is 0.0120. The molecule has 0 fully saturated rings. The van der Waals surface area contributed by atoms with Crippen molar-refractivity contribution < 1.29 is 30.7 Å². The second-order valence-corrected chi connectivity index (χ2v) is 11.4. The predicted octanol–water partition coefficient (Wildman–Crippen LogP) is 5.93. The lowest BCUT2D eigenvalue weighted by Gasteiger charge is -2.11. The van der Waals surface area contributed by atoms with Crippen molar-refractivity contribution >= 4 is 48.7 Å². The zero-order valence-electron chi connectivity index (χ0n) is 20.9. The number of nitrogens with zero attached hydrogens (tertiary/aromatic N) is 4. The van der Waals surface area contributed by atoms with Crippen molar-refractivity contribution in [2.24, 2.45) is 20.5 Å². The third kappa shape index (κ3) is 7.89.